The van der Waals surface area contributed by atoms with E-state index >= 15 is 0 Å². The first kappa shape index (κ1) is 18.1. The van der Waals surface area contributed by atoms with Crippen LogP contribution in [0.4, 0.5) is 10.1 Å². The molecular formula is C15H16FN3O3S2. The van der Waals surface area contributed by atoms with E-state index in [2.05, 4.69) is 10.5 Å². The van der Waals surface area contributed by atoms with Gasteiger partial charge in [0.15, 0.2) is 0 Å². The summed E-state index contributed by atoms with van der Waals surface area (Å²) in [5.74, 6) is -1.40. The number of nitrogens with one attached hydrogen (secondary N) is 1. The van der Waals surface area contributed by atoms with Crippen molar-refractivity contribution < 1.29 is 17.6 Å². The monoisotopic (exact) mass is 369 g/mol. The maximum absolute atomic E-state index is 13.8. The molecule has 6 nitrogen and oxygen atoms in total. The van der Waals surface area contributed by atoms with Crippen LogP contribution in [0.3, 0.4) is 0 Å². The lowest BCUT2D eigenvalue weighted by molar-refractivity contribution is -0.119. The summed E-state index contributed by atoms with van der Waals surface area (Å²) >= 11 is 1.46. The van der Waals surface area contributed by atoms with E-state index < -0.39 is 28.3 Å². The fourth-order valence-corrected chi connectivity index (χ4v) is 3.52. The number of halogens is 1. The van der Waals surface area contributed by atoms with Crippen LogP contribution in [-0.4, -0.2) is 33.3 Å². The summed E-state index contributed by atoms with van der Waals surface area (Å²) in [4.78, 5) is 12.8. The first-order valence-electron chi connectivity index (χ1n) is 6.87. The number of thiophene rings is 1. The fourth-order valence-electron chi connectivity index (χ4n) is 1.88. The number of hydrogen-bond donors (Lipinski definition) is 1. The number of carbonyl (C=O) groups excluding carboxylic acids is 1. The molecular weight excluding hydrogens is 353 g/mol. The molecule has 0 atom stereocenters. The van der Waals surface area contributed by atoms with Gasteiger partial charge in [0.1, 0.15) is 12.4 Å². The Bertz CT molecular complexity index is 862. The molecule has 0 bridgehead atoms. The Hall–Kier alpha value is -2.26. The van der Waals surface area contributed by atoms with E-state index in [4.69, 9.17) is 0 Å². The minimum absolute atomic E-state index is 0.187. The van der Waals surface area contributed by atoms with E-state index in [9.17, 15) is 17.6 Å². The Morgan fingerprint density at radius 2 is 2.08 bits per heavy atom. The molecule has 1 N–H and O–H groups in total. The van der Waals surface area contributed by atoms with Gasteiger partial charge < -0.3 is 0 Å². The molecule has 0 aliphatic carbocycles. The third kappa shape index (κ3) is 4.62. The Kier molecular flexibility index (Phi) is 5.68. The van der Waals surface area contributed by atoms with E-state index in [0.717, 1.165) is 22.8 Å². The number of sulfonamides is 1. The SMILES string of the molecule is Cc1ccsc1/C=N/NC(=O)CN(c1ccccc1F)S(C)(=O)=O. The van der Waals surface area contributed by atoms with Crippen molar-refractivity contribution in [2.75, 3.05) is 17.1 Å². The summed E-state index contributed by atoms with van der Waals surface area (Å²) < 4.78 is 38.3. The zero-order valence-electron chi connectivity index (χ0n) is 13.1. The summed E-state index contributed by atoms with van der Waals surface area (Å²) in [6.45, 7) is 1.34. The van der Waals surface area contributed by atoms with Gasteiger partial charge >= 0.3 is 0 Å². The minimum Gasteiger partial charge on any atom is -0.271 e. The molecule has 0 radical (unpaired) electrons. The minimum atomic E-state index is -3.83. The summed E-state index contributed by atoms with van der Waals surface area (Å²) in [7, 11) is -3.83. The largest absolute Gasteiger partial charge is 0.271 e. The van der Waals surface area contributed by atoms with Gasteiger partial charge in [0.2, 0.25) is 10.0 Å². The van der Waals surface area contributed by atoms with E-state index in [1.165, 1.54) is 35.8 Å². The van der Waals surface area contributed by atoms with Crippen LogP contribution in [-0.2, 0) is 14.8 Å². The average Bonchev–Trinajstić information content (AvgIpc) is 2.90. The standard InChI is InChI=1S/C15H16FN3O3S2/c1-11-7-8-23-14(11)9-17-18-15(20)10-19(24(2,21)22)13-6-4-3-5-12(13)16/h3-9H,10H2,1-2H3,(H,18,20)/b17-9+. The fraction of sp³-hybridized carbons (Fsp3) is 0.200. The van der Waals surface area contributed by atoms with Crippen LogP contribution in [0.5, 0.6) is 0 Å². The van der Waals surface area contributed by atoms with E-state index in [0.29, 0.717) is 4.31 Å². The third-order valence-corrected chi connectivity index (χ3v) is 5.16. The lowest BCUT2D eigenvalue weighted by Gasteiger charge is -2.21. The van der Waals surface area contributed by atoms with Crippen LogP contribution in [0.1, 0.15) is 10.4 Å². The highest BCUT2D eigenvalue weighted by Gasteiger charge is 2.23. The summed E-state index contributed by atoms with van der Waals surface area (Å²) in [5, 5.41) is 5.69. The second-order valence-electron chi connectivity index (χ2n) is 4.98. The van der Waals surface area contributed by atoms with Gasteiger partial charge in [0.25, 0.3) is 5.91 Å². The van der Waals surface area contributed by atoms with Crippen molar-refractivity contribution in [2.45, 2.75) is 6.92 Å². The molecule has 24 heavy (non-hydrogen) atoms. The van der Waals surface area contributed by atoms with Gasteiger partial charge in [-0.05, 0) is 36.1 Å². The van der Waals surface area contributed by atoms with E-state index in [1.807, 2.05) is 18.4 Å². The van der Waals surface area contributed by atoms with Crippen molar-refractivity contribution in [2.24, 2.45) is 5.10 Å². The summed E-state index contributed by atoms with van der Waals surface area (Å²) in [6, 6.07) is 7.27. The number of hydrazone groups is 1. The summed E-state index contributed by atoms with van der Waals surface area (Å²) in [5.41, 5.74) is 3.08. The van der Waals surface area contributed by atoms with Crippen molar-refractivity contribution in [1.82, 2.24) is 5.43 Å². The molecule has 0 fully saturated rings. The smallest absolute Gasteiger partial charge is 0.260 e. The van der Waals surface area contributed by atoms with Gasteiger partial charge in [-0.15, -0.1) is 11.3 Å². The second kappa shape index (κ2) is 7.54. The Morgan fingerprint density at radius 3 is 2.67 bits per heavy atom. The molecule has 0 unspecified atom stereocenters. The zero-order chi connectivity index (χ0) is 17.7. The molecule has 1 heterocycles. The van der Waals surface area contributed by atoms with Gasteiger partial charge in [-0.2, -0.15) is 5.10 Å². The number of benzene rings is 1. The quantitative estimate of drug-likeness (QED) is 0.626. The first-order chi connectivity index (χ1) is 11.3. The van der Waals surface area contributed by atoms with Crippen LogP contribution < -0.4 is 9.73 Å². The second-order valence-corrected chi connectivity index (χ2v) is 7.84. The van der Waals surface area contributed by atoms with Crippen LogP contribution >= 0.6 is 11.3 Å². The predicted molar refractivity (Wildman–Crippen MR) is 93.4 cm³/mol. The van der Waals surface area contributed by atoms with E-state index in [1.54, 1.807) is 0 Å². The summed E-state index contributed by atoms with van der Waals surface area (Å²) in [6.07, 6.45) is 2.39. The number of aryl methyl sites for hydroxylation is 1. The average molecular weight is 369 g/mol. The molecule has 1 aromatic carbocycles. The van der Waals surface area contributed by atoms with Gasteiger partial charge in [0.05, 0.1) is 18.2 Å². The lowest BCUT2D eigenvalue weighted by Crippen LogP contribution is -2.39. The highest BCUT2D eigenvalue weighted by atomic mass is 32.2. The molecule has 1 amide bonds. The number of para-hydroxylation sites is 1. The number of nitrogens with zero attached hydrogens (tertiary/aromatic N) is 2. The number of anilines is 1. The van der Waals surface area contributed by atoms with Gasteiger partial charge in [-0.3, -0.25) is 9.10 Å². The Labute approximate surface area is 143 Å². The lowest BCUT2D eigenvalue weighted by atomic mass is 10.3. The molecule has 0 spiro atoms. The Morgan fingerprint density at radius 1 is 1.38 bits per heavy atom. The normalized spacial score (nSPS) is 11.6. The van der Waals surface area contributed by atoms with Gasteiger partial charge in [-0.25, -0.2) is 18.2 Å². The number of rotatable bonds is 6. The van der Waals surface area contributed by atoms with Gasteiger partial charge in [0, 0.05) is 4.88 Å². The van der Waals surface area contributed by atoms with E-state index in [-0.39, 0.29) is 5.69 Å². The van der Waals surface area contributed by atoms with Crippen LogP contribution in [0.2, 0.25) is 0 Å². The molecule has 9 heteroatoms. The first-order valence-corrected chi connectivity index (χ1v) is 9.60. The molecule has 2 rings (SSSR count). The predicted octanol–water partition coefficient (Wildman–Crippen LogP) is 2.11. The van der Waals surface area contributed by atoms with Crippen molar-refractivity contribution in [1.29, 1.82) is 0 Å². The molecule has 0 saturated heterocycles. The maximum Gasteiger partial charge on any atom is 0.260 e. The van der Waals surface area contributed by atoms with Crippen molar-refractivity contribution in [3.05, 3.63) is 52.0 Å². The van der Waals surface area contributed by atoms with Gasteiger partial charge in [-0.1, -0.05) is 12.1 Å². The highest BCUT2D eigenvalue weighted by Crippen LogP contribution is 2.20. The van der Waals surface area contributed by atoms with Crippen LogP contribution in [0, 0.1) is 12.7 Å². The van der Waals surface area contributed by atoms with Crippen molar-refractivity contribution >= 4 is 39.2 Å². The molecule has 1 aromatic heterocycles. The maximum atomic E-state index is 13.8. The molecule has 0 saturated carbocycles. The Balaban J connectivity index is 2.10. The molecule has 128 valence electrons. The zero-order valence-corrected chi connectivity index (χ0v) is 14.7. The number of carbonyl (C=O) groups is 1. The topological polar surface area (TPSA) is 78.8 Å². The molecule has 0 aliphatic heterocycles. The number of hydrogen-bond acceptors (Lipinski definition) is 5. The molecule has 2 aromatic rings. The van der Waals surface area contributed by atoms with Crippen LogP contribution in [0.25, 0.3) is 0 Å². The van der Waals surface area contributed by atoms with Crippen LogP contribution in [0.15, 0.2) is 40.8 Å². The molecule has 0 aliphatic rings. The van der Waals surface area contributed by atoms with Crippen molar-refractivity contribution in [3.63, 3.8) is 0 Å². The number of amides is 1. The van der Waals surface area contributed by atoms with Crippen molar-refractivity contribution in [3.8, 4) is 0 Å². The third-order valence-electron chi connectivity index (χ3n) is 3.08. The highest BCUT2D eigenvalue weighted by molar-refractivity contribution is 7.92.